The van der Waals surface area contributed by atoms with Crippen LogP contribution in [0.2, 0.25) is 5.02 Å². The van der Waals surface area contributed by atoms with Crippen molar-refractivity contribution in [3.05, 3.63) is 112 Å². The normalized spacial score (nSPS) is 11.5. The Morgan fingerprint density at radius 1 is 1.03 bits per heavy atom. The van der Waals surface area contributed by atoms with Crippen LogP contribution >= 0.6 is 11.6 Å². The van der Waals surface area contributed by atoms with Crippen LogP contribution in [-0.4, -0.2) is 35.7 Å². The lowest BCUT2D eigenvalue weighted by molar-refractivity contribution is 0.102. The molecule has 11 heteroatoms. The maximum absolute atomic E-state index is 13.7. The molecule has 2 aromatic heterocycles. The molecule has 0 unspecified atom stereocenters. The molecule has 0 aliphatic rings. The van der Waals surface area contributed by atoms with E-state index in [2.05, 4.69) is 10.3 Å². The Bertz CT molecular complexity index is 1890. The van der Waals surface area contributed by atoms with Crippen molar-refractivity contribution in [3.63, 3.8) is 0 Å². The molecular weight excluding hydrogens is 538 g/mol. The monoisotopic (exact) mass is 561 g/mol. The van der Waals surface area contributed by atoms with Gasteiger partial charge in [-0.3, -0.25) is 23.6 Å². The van der Waals surface area contributed by atoms with Gasteiger partial charge in [0.15, 0.2) is 0 Å². The van der Waals surface area contributed by atoms with Crippen LogP contribution in [0.15, 0.2) is 94.9 Å². The van der Waals surface area contributed by atoms with Crippen LogP contribution in [0.4, 0.5) is 11.4 Å². The molecule has 1 N–H and O–H groups in total. The number of sulfonamides is 1. The standard InChI is InChI=1S/C28H24ClN5O4S/c1-18-26(28(36)34(32(18)2)20-9-5-4-6-10-20)33(3)39(37,38)21-12-13-24(29)23(16-21)27(35)31-25-11-7-8-19-17-30-15-14-22(19)25/h4-17H,1-3H3,(H,31,35). The first kappa shape index (κ1) is 26.2. The van der Waals surface area contributed by atoms with Crippen LogP contribution in [0, 0.1) is 6.92 Å². The number of hydrogen-bond donors (Lipinski definition) is 1. The molecule has 0 saturated carbocycles. The van der Waals surface area contributed by atoms with E-state index in [1.165, 1.54) is 29.9 Å². The number of para-hydroxylation sites is 1. The maximum Gasteiger partial charge on any atom is 0.296 e. The highest BCUT2D eigenvalue weighted by Crippen LogP contribution is 2.28. The third-order valence-electron chi connectivity index (χ3n) is 6.61. The first-order valence-corrected chi connectivity index (χ1v) is 13.7. The lowest BCUT2D eigenvalue weighted by Gasteiger charge is -2.19. The Morgan fingerprint density at radius 3 is 2.51 bits per heavy atom. The SMILES string of the molecule is Cc1c(N(C)S(=O)(=O)c2ccc(Cl)c(C(=O)Nc3cccc4cnccc34)c2)c(=O)n(-c2ccccc2)n1C. The van der Waals surface area contributed by atoms with Crippen LogP contribution < -0.4 is 15.2 Å². The summed E-state index contributed by atoms with van der Waals surface area (Å²) >= 11 is 6.33. The molecule has 1 amide bonds. The molecular formula is C28H24ClN5O4S. The van der Waals surface area contributed by atoms with E-state index in [0.717, 1.165) is 15.1 Å². The minimum atomic E-state index is -4.24. The quantitative estimate of drug-likeness (QED) is 0.322. The summed E-state index contributed by atoms with van der Waals surface area (Å²) in [5, 5.41) is 4.50. The number of amides is 1. The molecule has 39 heavy (non-hydrogen) atoms. The highest BCUT2D eigenvalue weighted by Gasteiger charge is 2.29. The molecule has 0 saturated heterocycles. The van der Waals surface area contributed by atoms with Crippen LogP contribution in [0.25, 0.3) is 16.5 Å². The average Bonchev–Trinajstić information content (AvgIpc) is 3.16. The average molecular weight is 562 g/mol. The van der Waals surface area contributed by atoms with E-state index in [-0.39, 0.29) is 21.2 Å². The van der Waals surface area contributed by atoms with Crippen molar-refractivity contribution in [3.8, 4) is 5.69 Å². The van der Waals surface area contributed by atoms with E-state index in [0.29, 0.717) is 17.1 Å². The van der Waals surface area contributed by atoms with Gasteiger partial charge >= 0.3 is 0 Å². The fourth-order valence-corrected chi connectivity index (χ4v) is 5.93. The second-order valence-electron chi connectivity index (χ2n) is 8.88. The summed E-state index contributed by atoms with van der Waals surface area (Å²) in [4.78, 5) is 30.6. The van der Waals surface area contributed by atoms with Crippen LogP contribution in [0.1, 0.15) is 16.1 Å². The fraction of sp³-hybridized carbons (Fsp3) is 0.107. The Labute approximate surface area is 229 Å². The van der Waals surface area contributed by atoms with Gasteiger partial charge in [-0.05, 0) is 49.4 Å². The number of rotatable bonds is 6. The van der Waals surface area contributed by atoms with Crippen LogP contribution in [0.3, 0.4) is 0 Å². The van der Waals surface area contributed by atoms with Crippen molar-refractivity contribution in [2.24, 2.45) is 7.05 Å². The highest BCUT2D eigenvalue weighted by molar-refractivity contribution is 7.92. The number of anilines is 2. The van der Waals surface area contributed by atoms with E-state index in [1.54, 1.807) is 73.5 Å². The number of nitrogens with one attached hydrogen (secondary N) is 1. The number of carbonyl (C=O) groups excluding carboxylic acids is 1. The lowest BCUT2D eigenvalue weighted by Crippen LogP contribution is -2.32. The molecule has 9 nitrogen and oxygen atoms in total. The smallest absolute Gasteiger partial charge is 0.296 e. The number of pyridine rings is 1. The van der Waals surface area contributed by atoms with Gasteiger partial charge in [0.25, 0.3) is 21.5 Å². The Morgan fingerprint density at radius 2 is 1.77 bits per heavy atom. The molecule has 198 valence electrons. The predicted octanol–water partition coefficient (Wildman–Crippen LogP) is 4.76. The topological polar surface area (TPSA) is 106 Å². The van der Waals surface area contributed by atoms with E-state index in [4.69, 9.17) is 11.6 Å². The third-order valence-corrected chi connectivity index (χ3v) is 8.69. The van der Waals surface area contributed by atoms with Crippen LogP contribution in [-0.2, 0) is 17.1 Å². The van der Waals surface area contributed by atoms with Gasteiger partial charge < -0.3 is 5.32 Å². The van der Waals surface area contributed by atoms with Gasteiger partial charge in [0.05, 0.1) is 26.9 Å². The Kier molecular flexibility index (Phi) is 6.75. The van der Waals surface area contributed by atoms with Crippen molar-refractivity contribution in [2.45, 2.75) is 11.8 Å². The fourth-order valence-electron chi connectivity index (χ4n) is 4.46. The first-order chi connectivity index (χ1) is 18.6. The molecule has 0 atom stereocenters. The van der Waals surface area contributed by atoms with Crippen molar-refractivity contribution in [1.29, 1.82) is 0 Å². The molecule has 0 fully saturated rings. The number of hydrogen-bond acceptors (Lipinski definition) is 5. The molecule has 0 bridgehead atoms. The van der Waals surface area contributed by atoms with E-state index in [1.807, 2.05) is 12.1 Å². The van der Waals surface area contributed by atoms with Crippen molar-refractivity contribution in [1.82, 2.24) is 14.3 Å². The van der Waals surface area contributed by atoms with E-state index < -0.39 is 21.5 Å². The van der Waals surface area contributed by atoms with E-state index >= 15 is 0 Å². The number of halogens is 1. The minimum Gasteiger partial charge on any atom is -0.321 e. The maximum atomic E-state index is 13.7. The molecule has 0 aliphatic carbocycles. The van der Waals surface area contributed by atoms with Gasteiger partial charge in [0.2, 0.25) is 0 Å². The van der Waals surface area contributed by atoms with E-state index in [9.17, 15) is 18.0 Å². The van der Waals surface area contributed by atoms with Crippen molar-refractivity contribution < 1.29 is 13.2 Å². The Hall–Kier alpha value is -4.41. The van der Waals surface area contributed by atoms with Gasteiger partial charge in [0, 0.05) is 42.9 Å². The van der Waals surface area contributed by atoms with Gasteiger partial charge in [-0.15, -0.1) is 0 Å². The summed E-state index contributed by atoms with van der Waals surface area (Å²) in [6.45, 7) is 1.67. The van der Waals surface area contributed by atoms with Crippen LogP contribution in [0.5, 0.6) is 0 Å². The van der Waals surface area contributed by atoms with Crippen molar-refractivity contribution >= 4 is 49.7 Å². The molecule has 2 heterocycles. The van der Waals surface area contributed by atoms with Gasteiger partial charge in [-0.2, -0.15) is 0 Å². The summed E-state index contributed by atoms with van der Waals surface area (Å²) in [5.41, 5.74) is 1.05. The highest BCUT2D eigenvalue weighted by atomic mass is 35.5. The number of fused-ring (bicyclic) bond motifs is 1. The zero-order valence-electron chi connectivity index (χ0n) is 21.3. The largest absolute Gasteiger partial charge is 0.321 e. The van der Waals surface area contributed by atoms with Crippen molar-refractivity contribution in [2.75, 3.05) is 16.7 Å². The summed E-state index contributed by atoms with van der Waals surface area (Å²) in [5.74, 6) is -0.577. The molecule has 5 rings (SSSR count). The Balaban J connectivity index is 1.52. The summed E-state index contributed by atoms with van der Waals surface area (Å²) in [6, 6.07) is 20.0. The number of carbonyl (C=O) groups is 1. The number of aromatic nitrogens is 3. The minimum absolute atomic E-state index is 0.00771. The molecule has 0 radical (unpaired) electrons. The second-order valence-corrected chi connectivity index (χ2v) is 11.3. The third kappa shape index (κ3) is 4.58. The molecule has 3 aromatic carbocycles. The molecule has 5 aromatic rings. The van der Waals surface area contributed by atoms with Gasteiger partial charge in [-0.25, -0.2) is 13.1 Å². The van der Waals surface area contributed by atoms with Gasteiger partial charge in [0.1, 0.15) is 5.69 Å². The lowest BCUT2D eigenvalue weighted by atomic mass is 10.1. The zero-order valence-corrected chi connectivity index (χ0v) is 22.9. The summed E-state index contributed by atoms with van der Waals surface area (Å²) in [6.07, 6.45) is 3.30. The summed E-state index contributed by atoms with van der Waals surface area (Å²) in [7, 11) is -1.25. The van der Waals surface area contributed by atoms with Gasteiger partial charge in [-0.1, -0.05) is 41.9 Å². The zero-order chi connectivity index (χ0) is 27.9. The second kappa shape index (κ2) is 10.0. The number of nitrogens with zero attached hydrogens (tertiary/aromatic N) is 4. The predicted molar refractivity (Wildman–Crippen MR) is 152 cm³/mol. The first-order valence-electron chi connectivity index (χ1n) is 11.9. The summed E-state index contributed by atoms with van der Waals surface area (Å²) < 4.78 is 31.3. The number of benzene rings is 3. The molecule has 0 aliphatic heterocycles. The molecule has 0 spiro atoms.